The second kappa shape index (κ2) is 12.5. The molecule has 0 unspecified atom stereocenters. The third-order valence-corrected chi connectivity index (χ3v) is 6.37. The van der Waals surface area contributed by atoms with Crippen LogP contribution in [-0.4, -0.2) is 66.7 Å². The second-order valence-corrected chi connectivity index (χ2v) is 8.90. The minimum absolute atomic E-state index is 0.126. The molecule has 1 atom stereocenters. The molecule has 1 aliphatic carbocycles. The molecule has 1 aromatic carbocycles. The van der Waals surface area contributed by atoms with Crippen LogP contribution >= 0.6 is 0 Å². The van der Waals surface area contributed by atoms with Crippen molar-refractivity contribution < 1.29 is 19.7 Å². The molecule has 6 nitrogen and oxygen atoms in total. The highest BCUT2D eigenvalue weighted by molar-refractivity contribution is 5.43. The summed E-state index contributed by atoms with van der Waals surface area (Å²) in [5.74, 6) is 1.38. The third-order valence-electron chi connectivity index (χ3n) is 6.37. The minimum Gasteiger partial charge on any atom is -0.493 e. The molecule has 0 aromatic heterocycles. The van der Waals surface area contributed by atoms with Gasteiger partial charge in [0.25, 0.3) is 0 Å². The van der Waals surface area contributed by atoms with Crippen molar-refractivity contribution >= 4 is 0 Å². The summed E-state index contributed by atoms with van der Waals surface area (Å²) in [6.07, 6.45) is 9.56. The van der Waals surface area contributed by atoms with E-state index in [-0.39, 0.29) is 12.7 Å². The summed E-state index contributed by atoms with van der Waals surface area (Å²) in [4.78, 5) is 2.36. The Hall–Kier alpha value is -1.34. The van der Waals surface area contributed by atoms with Crippen LogP contribution in [0.3, 0.4) is 0 Å². The molecule has 0 bridgehead atoms. The summed E-state index contributed by atoms with van der Waals surface area (Å²) in [5, 5.41) is 23.7. The molecule has 1 aliphatic heterocycles. The van der Waals surface area contributed by atoms with Crippen LogP contribution in [0.25, 0.3) is 0 Å². The van der Waals surface area contributed by atoms with Crippen molar-refractivity contribution in [1.82, 2.24) is 10.2 Å². The summed E-state index contributed by atoms with van der Waals surface area (Å²) in [6.45, 7) is 3.86. The third kappa shape index (κ3) is 7.73. The molecule has 2 aliphatic rings. The zero-order chi connectivity index (χ0) is 21.2. The second-order valence-electron chi connectivity index (χ2n) is 8.90. The lowest BCUT2D eigenvalue weighted by molar-refractivity contribution is 0.0645. The average Bonchev–Trinajstić information content (AvgIpc) is 2.74. The first-order valence-corrected chi connectivity index (χ1v) is 11.8. The van der Waals surface area contributed by atoms with Gasteiger partial charge in [0.15, 0.2) is 11.5 Å². The van der Waals surface area contributed by atoms with Crippen LogP contribution in [0.4, 0.5) is 0 Å². The SMILES string of the molecule is COc1cc(CNC2CCC(O)CC2)ccc1OC[C@@H](O)CN1CCCCCCC1. The molecule has 1 aromatic rings. The van der Waals surface area contributed by atoms with Gasteiger partial charge in [-0.2, -0.15) is 0 Å². The highest BCUT2D eigenvalue weighted by Crippen LogP contribution is 2.28. The number of ether oxygens (including phenoxy) is 2. The number of benzene rings is 1. The Balaban J connectivity index is 1.44. The van der Waals surface area contributed by atoms with Crippen LogP contribution in [-0.2, 0) is 6.54 Å². The van der Waals surface area contributed by atoms with Gasteiger partial charge in [-0.1, -0.05) is 25.3 Å². The molecule has 3 N–H and O–H groups in total. The number of aliphatic hydroxyl groups excluding tert-OH is 2. The van der Waals surface area contributed by atoms with Gasteiger partial charge in [0.2, 0.25) is 0 Å². The van der Waals surface area contributed by atoms with Crippen LogP contribution in [0.1, 0.15) is 63.4 Å². The van der Waals surface area contributed by atoms with E-state index in [1.807, 2.05) is 18.2 Å². The van der Waals surface area contributed by atoms with E-state index in [0.717, 1.165) is 50.9 Å². The van der Waals surface area contributed by atoms with Crippen LogP contribution in [0, 0.1) is 0 Å². The maximum absolute atomic E-state index is 10.5. The molecule has 3 rings (SSSR count). The number of nitrogens with zero attached hydrogens (tertiary/aromatic N) is 1. The number of methoxy groups -OCH3 is 1. The number of nitrogens with one attached hydrogen (secondary N) is 1. The number of aliphatic hydroxyl groups is 2. The average molecular weight is 421 g/mol. The summed E-state index contributed by atoms with van der Waals surface area (Å²) < 4.78 is 11.4. The maximum atomic E-state index is 10.5. The topological polar surface area (TPSA) is 74.2 Å². The molecule has 0 spiro atoms. The first-order chi connectivity index (χ1) is 14.6. The summed E-state index contributed by atoms with van der Waals surface area (Å²) in [6, 6.07) is 6.45. The molecule has 1 heterocycles. The van der Waals surface area contributed by atoms with Gasteiger partial charge in [-0.3, -0.25) is 0 Å². The van der Waals surface area contributed by atoms with E-state index < -0.39 is 6.10 Å². The number of rotatable bonds is 9. The minimum atomic E-state index is -0.503. The van der Waals surface area contributed by atoms with Gasteiger partial charge < -0.3 is 29.9 Å². The summed E-state index contributed by atoms with van der Waals surface area (Å²) in [7, 11) is 1.65. The van der Waals surface area contributed by atoms with E-state index in [0.29, 0.717) is 24.1 Å². The van der Waals surface area contributed by atoms with Crippen molar-refractivity contribution in [2.24, 2.45) is 0 Å². The van der Waals surface area contributed by atoms with E-state index in [1.165, 1.54) is 32.1 Å². The van der Waals surface area contributed by atoms with E-state index >= 15 is 0 Å². The van der Waals surface area contributed by atoms with Crippen molar-refractivity contribution in [3.63, 3.8) is 0 Å². The van der Waals surface area contributed by atoms with Crippen molar-refractivity contribution in [3.05, 3.63) is 23.8 Å². The number of likely N-dealkylation sites (tertiary alicyclic amines) is 1. The Bertz CT molecular complexity index is 611. The quantitative estimate of drug-likeness (QED) is 0.570. The van der Waals surface area contributed by atoms with Gasteiger partial charge in [0.1, 0.15) is 12.7 Å². The molecule has 0 radical (unpaired) electrons. The molecule has 1 saturated carbocycles. The van der Waals surface area contributed by atoms with Gasteiger partial charge in [0.05, 0.1) is 13.2 Å². The lowest BCUT2D eigenvalue weighted by Gasteiger charge is -2.27. The Labute approximate surface area is 181 Å². The van der Waals surface area contributed by atoms with Gasteiger partial charge in [0, 0.05) is 19.1 Å². The van der Waals surface area contributed by atoms with Gasteiger partial charge in [-0.05, 0) is 69.3 Å². The van der Waals surface area contributed by atoms with Crippen LogP contribution in [0.15, 0.2) is 18.2 Å². The van der Waals surface area contributed by atoms with E-state index in [1.54, 1.807) is 7.11 Å². The summed E-state index contributed by atoms with van der Waals surface area (Å²) >= 11 is 0. The molecule has 6 heteroatoms. The fraction of sp³-hybridized carbons (Fsp3) is 0.750. The fourth-order valence-electron chi connectivity index (χ4n) is 4.52. The lowest BCUT2D eigenvalue weighted by Crippen LogP contribution is -2.37. The highest BCUT2D eigenvalue weighted by atomic mass is 16.5. The Kier molecular flexibility index (Phi) is 9.72. The van der Waals surface area contributed by atoms with Crippen LogP contribution in [0.5, 0.6) is 11.5 Å². The van der Waals surface area contributed by atoms with E-state index in [9.17, 15) is 10.2 Å². The van der Waals surface area contributed by atoms with Crippen molar-refractivity contribution in [3.8, 4) is 11.5 Å². The van der Waals surface area contributed by atoms with Crippen LogP contribution in [0.2, 0.25) is 0 Å². The van der Waals surface area contributed by atoms with Gasteiger partial charge in [-0.15, -0.1) is 0 Å². The first kappa shape index (κ1) is 23.3. The highest BCUT2D eigenvalue weighted by Gasteiger charge is 2.19. The Morgan fingerprint density at radius 2 is 1.73 bits per heavy atom. The normalized spacial score (nSPS) is 24.6. The monoisotopic (exact) mass is 420 g/mol. The maximum Gasteiger partial charge on any atom is 0.161 e. The molecule has 30 heavy (non-hydrogen) atoms. The molecule has 1 saturated heterocycles. The lowest BCUT2D eigenvalue weighted by atomic mass is 9.93. The Morgan fingerprint density at radius 1 is 1.03 bits per heavy atom. The smallest absolute Gasteiger partial charge is 0.161 e. The Morgan fingerprint density at radius 3 is 2.43 bits per heavy atom. The molecule has 0 amide bonds. The number of β-amino-alcohol motifs (C(OH)–C–C–N with tert-alkyl or cyclic N) is 1. The molecular weight excluding hydrogens is 380 g/mol. The van der Waals surface area contributed by atoms with Crippen molar-refractivity contribution in [2.45, 2.75) is 82.6 Å². The summed E-state index contributed by atoms with van der Waals surface area (Å²) in [5.41, 5.74) is 1.14. The van der Waals surface area contributed by atoms with E-state index in [2.05, 4.69) is 10.2 Å². The number of hydrogen-bond acceptors (Lipinski definition) is 6. The molecule has 2 fully saturated rings. The fourth-order valence-corrected chi connectivity index (χ4v) is 4.52. The standard InChI is InChI=1S/C24H40N2O4/c1-29-24-15-19(16-25-20-8-10-21(27)11-9-20)7-12-23(24)30-18-22(28)17-26-13-5-3-2-4-6-14-26/h7,12,15,20-22,25,27-28H,2-6,8-11,13-14,16-18H2,1H3/t20?,21?,22-/m0/s1. The molecule has 170 valence electrons. The predicted octanol–water partition coefficient (Wildman–Crippen LogP) is 3.09. The van der Waals surface area contributed by atoms with Crippen LogP contribution < -0.4 is 14.8 Å². The van der Waals surface area contributed by atoms with Crippen molar-refractivity contribution in [2.75, 3.05) is 33.4 Å². The zero-order valence-corrected chi connectivity index (χ0v) is 18.5. The van der Waals surface area contributed by atoms with Gasteiger partial charge in [-0.25, -0.2) is 0 Å². The predicted molar refractivity (Wildman–Crippen MR) is 119 cm³/mol. The number of hydrogen-bond donors (Lipinski definition) is 3. The van der Waals surface area contributed by atoms with E-state index in [4.69, 9.17) is 9.47 Å². The molecular formula is C24H40N2O4. The first-order valence-electron chi connectivity index (χ1n) is 11.8. The van der Waals surface area contributed by atoms with Crippen molar-refractivity contribution in [1.29, 1.82) is 0 Å². The zero-order valence-electron chi connectivity index (χ0n) is 18.5. The largest absolute Gasteiger partial charge is 0.493 e. The van der Waals surface area contributed by atoms with Gasteiger partial charge >= 0.3 is 0 Å².